The van der Waals surface area contributed by atoms with E-state index in [2.05, 4.69) is 9.97 Å². The Hall–Kier alpha value is -3.79. The second-order valence-electron chi connectivity index (χ2n) is 7.27. The average Bonchev–Trinajstić information content (AvgIpc) is 3.27. The number of esters is 1. The largest absolute Gasteiger partial charge is 0.507 e. The maximum absolute atomic E-state index is 14.3. The zero-order valence-electron chi connectivity index (χ0n) is 17.7. The van der Waals surface area contributed by atoms with Gasteiger partial charge in [-0.15, -0.1) is 0 Å². The highest BCUT2D eigenvalue weighted by Crippen LogP contribution is 2.22. The summed E-state index contributed by atoms with van der Waals surface area (Å²) in [5.74, 6) is -2.73. The Morgan fingerprint density at radius 2 is 2.00 bits per heavy atom. The van der Waals surface area contributed by atoms with Gasteiger partial charge in [0.05, 0.1) is 34.7 Å². The highest BCUT2D eigenvalue weighted by Gasteiger charge is 2.28. The Bertz CT molecular complexity index is 1390. The fourth-order valence-electron chi connectivity index (χ4n) is 3.37. The minimum absolute atomic E-state index is 0.0713. The summed E-state index contributed by atoms with van der Waals surface area (Å²) >= 11 is 0. The van der Waals surface area contributed by atoms with Gasteiger partial charge in [-0.1, -0.05) is 12.1 Å². The molecule has 1 aliphatic heterocycles. The van der Waals surface area contributed by atoms with Crippen molar-refractivity contribution in [1.29, 1.82) is 5.26 Å². The molecule has 12 heteroatoms. The monoisotopic (exact) mass is 486 g/mol. The molecule has 1 aromatic heterocycles. The van der Waals surface area contributed by atoms with Gasteiger partial charge in [0.1, 0.15) is 24.1 Å². The van der Waals surface area contributed by atoms with Crippen LogP contribution in [-0.2, 0) is 19.5 Å². The van der Waals surface area contributed by atoms with E-state index in [1.165, 1.54) is 4.31 Å². The summed E-state index contributed by atoms with van der Waals surface area (Å²) in [6.07, 6.45) is 0. The fraction of sp³-hybridized carbons (Fsp3) is 0.227. The molecule has 0 unspecified atom stereocenters. The van der Waals surface area contributed by atoms with Crippen molar-refractivity contribution in [2.45, 2.75) is 4.90 Å². The first-order chi connectivity index (χ1) is 16.3. The molecule has 0 radical (unpaired) electrons. The summed E-state index contributed by atoms with van der Waals surface area (Å²) in [6.45, 7) is -0.0206. The molecule has 0 spiro atoms. The third-order valence-corrected chi connectivity index (χ3v) is 7.03. The van der Waals surface area contributed by atoms with Crippen molar-refractivity contribution in [3.8, 4) is 6.07 Å². The van der Waals surface area contributed by atoms with E-state index in [-0.39, 0.29) is 42.6 Å². The van der Waals surface area contributed by atoms with Gasteiger partial charge in [0.15, 0.2) is 11.6 Å². The molecule has 2 N–H and O–H groups in total. The first-order valence-electron chi connectivity index (χ1n) is 10.1. The van der Waals surface area contributed by atoms with Crippen LogP contribution < -0.4 is 0 Å². The number of imidazole rings is 1. The smallest absolute Gasteiger partial charge is 0.341 e. The van der Waals surface area contributed by atoms with Crippen molar-refractivity contribution in [2.75, 3.05) is 32.9 Å². The molecular weight excluding hydrogens is 467 g/mol. The third kappa shape index (κ3) is 4.62. The van der Waals surface area contributed by atoms with E-state index in [1.807, 2.05) is 0 Å². The molecule has 0 bridgehead atoms. The van der Waals surface area contributed by atoms with E-state index in [9.17, 15) is 28.0 Å². The first kappa shape index (κ1) is 23.4. The number of carbonyl (C=O) groups excluding carboxylic acids is 1. The van der Waals surface area contributed by atoms with Crippen LogP contribution in [0, 0.1) is 17.1 Å². The lowest BCUT2D eigenvalue weighted by Gasteiger charge is -2.26. The number of aromatic amines is 1. The van der Waals surface area contributed by atoms with Crippen LogP contribution in [0.1, 0.15) is 16.2 Å². The van der Waals surface area contributed by atoms with Crippen molar-refractivity contribution in [3.05, 3.63) is 65.4 Å². The van der Waals surface area contributed by atoms with Crippen LogP contribution in [0.3, 0.4) is 0 Å². The Morgan fingerprint density at radius 3 is 2.71 bits per heavy atom. The van der Waals surface area contributed by atoms with E-state index < -0.39 is 39.7 Å². The predicted octanol–water partition coefficient (Wildman–Crippen LogP) is 2.37. The summed E-state index contributed by atoms with van der Waals surface area (Å²) in [4.78, 5) is 19.3. The van der Waals surface area contributed by atoms with Crippen LogP contribution in [0.2, 0.25) is 0 Å². The lowest BCUT2D eigenvalue weighted by atomic mass is 10.2. The van der Waals surface area contributed by atoms with Gasteiger partial charge in [-0.3, -0.25) is 0 Å². The van der Waals surface area contributed by atoms with Crippen LogP contribution >= 0.6 is 0 Å². The van der Waals surface area contributed by atoms with Crippen molar-refractivity contribution < 1.29 is 32.2 Å². The van der Waals surface area contributed by atoms with Gasteiger partial charge in [0.2, 0.25) is 10.0 Å². The highest BCUT2D eigenvalue weighted by molar-refractivity contribution is 7.89. The molecule has 2 aromatic carbocycles. The number of morpholine rings is 1. The fourth-order valence-corrected chi connectivity index (χ4v) is 4.80. The van der Waals surface area contributed by atoms with Gasteiger partial charge in [-0.05, 0) is 30.3 Å². The second-order valence-corrected chi connectivity index (χ2v) is 9.21. The number of halogens is 1. The Labute approximate surface area is 193 Å². The minimum atomic E-state index is -3.97. The SMILES string of the molecule is N#CC(=C(O)COC(=O)c1cc(S(=O)(=O)N2CCOCC2)ccc1F)c1nc2ccccc2[nH]1. The van der Waals surface area contributed by atoms with Crippen molar-refractivity contribution in [2.24, 2.45) is 0 Å². The van der Waals surface area contributed by atoms with Crippen molar-refractivity contribution in [1.82, 2.24) is 14.3 Å². The quantitative estimate of drug-likeness (QED) is 0.307. The number of fused-ring (bicyclic) bond motifs is 1. The molecule has 1 saturated heterocycles. The number of nitrogens with one attached hydrogen (secondary N) is 1. The number of aliphatic hydroxyl groups excluding tert-OH is 1. The summed E-state index contributed by atoms with van der Waals surface area (Å²) < 4.78 is 51.2. The molecule has 0 amide bonds. The standard InChI is InChI=1S/C22H19FN4O6S/c23-17-6-5-14(34(30,31)27-7-9-32-10-8-27)11-15(17)22(29)33-13-20(28)16(12-24)21-25-18-3-1-2-4-19(18)26-21/h1-6,11,28H,7-10,13H2,(H,25,26). The number of hydrogen-bond acceptors (Lipinski definition) is 8. The van der Waals surface area contributed by atoms with Crippen molar-refractivity contribution >= 4 is 32.6 Å². The third-order valence-electron chi connectivity index (χ3n) is 5.13. The van der Waals surface area contributed by atoms with Crippen LogP contribution in [0.25, 0.3) is 16.6 Å². The number of benzene rings is 2. The van der Waals surface area contributed by atoms with Crippen LogP contribution in [0.15, 0.2) is 53.1 Å². The van der Waals surface area contributed by atoms with E-state index in [0.717, 1.165) is 18.2 Å². The van der Waals surface area contributed by atoms with Crippen LogP contribution in [-0.4, -0.2) is 66.7 Å². The van der Waals surface area contributed by atoms with Crippen LogP contribution in [0.4, 0.5) is 4.39 Å². The second kappa shape index (κ2) is 9.60. The number of hydrogen-bond donors (Lipinski definition) is 2. The molecule has 1 fully saturated rings. The van der Waals surface area contributed by atoms with Gasteiger partial charge in [0, 0.05) is 13.1 Å². The maximum atomic E-state index is 14.3. The molecule has 10 nitrogen and oxygen atoms in total. The summed E-state index contributed by atoms with van der Waals surface area (Å²) in [5.41, 5.74) is 0.323. The van der Waals surface area contributed by atoms with E-state index in [4.69, 9.17) is 9.47 Å². The van der Waals surface area contributed by atoms with Crippen molar-refractivity contribution in [3.63, 3.8) is 0 Å². The van der Waals surface area contributed by atoms with E-state index in [1.54, 1.807) is 30.3 Å². The Morgan fingerprint density at radius 1 is 1.26 bits per heavy atom. The number of allylic oxidation sites excluding steroid dienone is 1. The number of nitrogens with zero attached hydrogens (tertiary/aromatic N) is 3. The molecule has 1 aliphatic rings. The topological polar surface area (TPSA) is 146 Å². The number of rotatable bonds is 6. The number of sulfonamides is 1. The van der Waals surface area contributed by atoms with Gasteiger partial charge >= 0.3 is 5.97 Å². The number of ether oxygens (including phenoxy) is 2. The summed E-state index contributed by atoms with van der Waals surface area (Å²) in [7, 11) is -3.97. The zero-order valence-corrected chi connectivity index (χ0v) is 18.5. The predicted molar refractivity (Wildman–Crippen MR) is 118 cm³/mol. The summed E-state index contributed by atoms with van der Waals surface area (Å²) in [5, 5.41) is 19.8. The van der Waals surface area contributed by atoms with E-state index in [0.29, 0.717) is 11.0 Å². The zero-order chi connectivity index (χ0) is 24.3. The molecule has 176 valence electrons. The number of aromatic nitrogens is 2. The first-order valence-corrected chi connectivity index (χ1v) is 11.6. The summed E-state index contributed by atoms with van der Waals surface area (Å²) in [6, 6.07) is 11.6. The lowest BCUT2D eigenvalue weighted by Crippen LogP contribution is -2.40. The van der Waals surface area contributed by atoms with E-state index >= 15 is 0 Å². The lowest BCUT2D eigenvalue weighted by molar-refractivity contribution is 0.0497. The molecule has 3 aromatic rings. The molecule has 0 atom stereocenters. The van der Waals surface area contributed by atoms with Gasteiger partial charge in [-0.25, -0.2) is 22.6 Å². The minimum Gasteiger partial charge on any atom is -0.507 e. The number of carbonyl (C=O) groups is 1. The van der Waals surface area contributed by atoms with Gasteiger partial charge < -0.3 is 19.6 Å². The molecular formula is C22H19FN4O6S. The van der Waals surface area contributed by atoms with Gasteiger partial charge in [0.25, 0.3) is 0 Å². The number of aliphatic hydroxyl groups is 1. The number of nitriles is 1. The van der Waals surface area contributed by atoms with Crippen LogP contribution in [0.5, 0.6) is 0 Å². The number of para-hydroxylation sites is 2. The number of H-pyrrole nitrogens is 1. The highest BCUT2D eigenvalue weighted by atomic mass is 32.2. The van der Waals surface area contributed by atoms with Gasteiger partial charge in [-0.2, -0.15) is 9.57 Å². The molecule has 34 heavy (non-hydrogen) atoms. The molecule has 2 heterocycles. The molecule has 0 saturated carbocycles. The average molecular weight is 486 g/mol. The maximum Gasteiger partial charge on any atom is 0.341 e. The normalized spacial score (nSPS) is 15.5. The Balaban J connectivity index is 1.54. The molecule has 0 aliphatic carbocycles. The Kier molecular flexibility index (Phi) is 6.60. The molecule has 4 rings (SSSR count).